The Bertz CT molecular complexity index is 846. The molecule has 0 aromatic heterocycles. The molecule has 198 valence electrons. The highest BCUT2D eigenvalue weighted by Gasteiger charge is 2.62. The first-order valence-electron chi connectivity index (χ1n) is 14.2. The van der Waals surface area contributed by atoms with Crippen molar-refractivity contribution in [2.45, 2.75) is 130 Å². The first-order chi connectivity index (χ1) is 16.4. The zero-order chi connectivity index (χ0) is 25.6. The average molecular weight is 489 g/mol. The topological polar surface area (TPSA) is 72.8 Å². The zero-order valence-corrected chi connectivity index (χ0v) is 22.9. The first-order valence-corrected chi connectivity index (χ1v) is 14.2. The van der Waals surface area contributed by atoms with Crippen molar-refractivity contribution >= 4 is 11.9 Å². The van der Waals surface area contributed by atoms with E-state index in [-0.39, 0.29) is 34.8 Å². The predicted molar refractivity (Wildman–Crippen MR) is 136 cm³/mol. The third-order valence-electron chi connectivity index (χ3n) is 10.9. The SMILES string of the molecule is CCCC[C@H](OC(C)=O)[C@](C)(O)[C@H]1CC[C@H]2[C@@H]3CC=C4C[C@@H](OC(C)=O)CC[C@]4(C)[C@H]3CC[C@]12C. The van der Waals surface area contributed by atoms with Gasteiger partial charge >= 0.3 is 11.9 Å². The van der Waals surface area contributed by atoms with Crippen LogP contribution in [-0.2, 0) is 19.1 Å². The van der Waals surface area contributed by atoms with Gasteiger partial charge in [0.25, 0.3) is 0 Å². The predicted octanol–water partition coefficient (Wildman–Crippen LogP) is 6.37. The Balaban J connectivity index is 1.56. The second-order valence-corrected chi connectivity index (χ2v) is 12.9. The fraction of sp³-hybridized carbons (Fsp3) is 0.867. The minimum absolute atomic E-state index is 0.0320. The Morgan fingerprint density at radius 3 is 2.51 bits per heavy atom. The molecule has 0 saturated heterocycles. The van der Waals surface area contributed by atoms with E-state index in [4.69, 9.17) is 9.47 Å². The van der Waals surface area contributed by atoms with Crippen molar-refractivity contribution in [1.82, 2.24) is 0 Å². The Labute approximate surface area is 212 Å². The van der Waals surface area contributed by atoms with Crippen LogP contribution in [0.25, 0.3) is 0 Å². The Morgan fingerprint density at radius 2 is 1.86 bits per heavy atom. The van der Waals surface area contributed by atoms with Crippen LogP contribution in [0.4, 0.5) is 0 Å². The van der Waals surface area contributed by atoms with Gasteiger partial charge in [0.1, 0.15) is 17.8 Å². The Morgan fingerprint density at radius 1 is 1.11 bits per heavy atom. The molecule has 0 heterocycles. The lowest BCUT2D eigenvalue weighted by atomic mass is 9.46. The molecular weight excluding hydrogens is 440 g/mol. The highest BCUT2D eigenvalue weighted by molar-refractivity contribution is 5.66. The molecule has 9 atom stereocenters. The monoisotopic (exact) mass is 488 g/mol. The van der Waals surface area contributed by atoms with Crippen molar-refractivity contribution in [3.05, 3.63) is 11.6 Å². The number of carbonyl (C=O) groups excluding carboxylic acids is 2. The van der Waals surface area contributed by atoms with Gasteiger partial charge in [-0.25, -0.2) is 0 Å². The van der Waals surface area contributed by atoms with Crippen LogP contribution in [0, 0.1) is 34.5 Å². The maximum atomic E-state index is 12.0. The molecule has 0 aromatic rings. The lowest BCUT2D eigenvalue weighted by Crippen LogP contribution is -2.56. The van der Waals surface area contributed by atoms with Crippen LogP contribution in [0.2, 0.25) is 0 Å². The van der Waals surface area contributed by atoms with E-state index in [1.807, 2.05) is 6.92 Å². The van der Waals surface area contributed by atoms with Crippen LogP contribution in [-0.4, -0.2) is 34.9 Å². The van der Waals surface area contributed by atoms with Crippen molar-refractivity contribution in [1.29, 1.82) is 0 Å². The minimum Gasteiger partial charge on any atom is -0.462 e. The van der Waals surface area contributed by atoms with Crippen LogP contribution in [0.3, 0.4) is 0 Å². The third-order valence-corrected chi connectivity index (χ3v) is 10.9. The molecule has 5 heteroatoms. The van der Waals surface area contributed by atoms with Crippen LogP contribution >= 0.6 is 0 Å². The van der Waals surface area contributed by atoms with Crippen LogP contribution < -0.4 is 0 Å². The zero-order valence-electron chi connectivity index (χ0n) is 22.9. The summed E-state index contributed by atoms with van der Waals surface area (Å²) in [6, 6.07) is 0. The second kappa shape index (κ2) is 9.84. The van der Waals surface area contributed by atoms with Crippen LogP contribution in [0.5, 0.6) is 0 Å². The quantitative estimate of drug-likeness (QED) is 0.333. The number of hydrogen-bond donors (Lipinski definition) is 1. The first kappa shape index (κ1) is 26.7. The number of aliphatic hydroxyl groups is 1. The molecule has 0 aromatic carbocycles. The van der Waals surface area contributed by atoms with E-state index >= 15 is 0 Å². The normalized spacial score (nSPS) is 40.9. The van der Waals surface area contributed by atoms with Gasteiger partial charge in [-0.2, -0.15) is 0 Å². The molecular formula is C30H48O5. The lowest BCUT2D eigenvalue weighted by molar-refractivity contribution is -0.182. The maximum Gasteiger partial charge on any atom is 0.303 e. The van der Waals surface area contributed by atoms with E-state index in [1.165, 1.54) is 25.8 Å². The fourth-order valence-corrected chi connectivity index (χ4v) is 9.21. The molecule has 3 saturated carbocycles. The van der Waals surface area contributed by atoms with Gasteiger partial charge in [0, 0.05) is 20.3 Å². The van der Waals surface area contributed by atoms with Gasteiger partial charge in [-0.3, -0.25) is 9.59 Å². The summed E-state index contributed by atoms with van der Waals surface area (Å²) in [6.45, 7) is 11.9. The van der Waals surface area contributed by atoms with Crippen molar-refractivity contribution in [3.8, 4) is 0 Å². The number of ether oxygens (including phenoxy) is 2. The van der Waals surface area contributed by atoms with E-state index in [0.717, 1.165) is 64.2 Å². The van der Waals surface area contributed by atoms with Gasteiger partial charge in [0.05, 0.1) is 0 Å². The number of fused-ring (bicyclic) bond motifs is 5. The van der Waals surface area contributed by atoms with Crippen molar-refractivity contribution < 1.29 is 24.2 Å². The number of carbonyl (C=O) groups is 2. The summed E-state index contributed by atoms with van der Waals surface area (Å²) >= 11 is 0. The van der Waals surface area contributed by atoms with E-state index < -0.39 is 11.7 Å². The van der Waals surface area contributed by atoms with Gasteiger partial charge < -0.3 is 14.6 Å². The number of hydrogen-bond acceptors (Lipinski definition) is 5. The van der Waals surface area contributed by atoms with Gasteiger partial charge in [0.15, 0.2) is 0 Å². The summed E-state index contributed by atoms with van der Waals surface area (Å²) in [5.74, 6) is 1.56. The second-order valence-electron chi connectivity index (χ2n) is 12.9. The highest BCUT2D eigenvalue weighted by Crippen LogP contribution is 2.68. The molecule has 4 rings (SSSR count). The molecule has 0 aliphatic heterocycles. The molecule has 0 bridgehead atoms. The van der Waals surface area contributed by atoms with E-state index in [9.17, 15) is 14.7 Å². The molecule has 4 aliphatic rings. The summed E-state index contributed by atoms with van der Waals surface area (Å²) in [5, 5.41) is 12.0. The maximum absolute atomic E-state index is 12.0. The van der Waals surface area contributed by atoms with Crippen molar-refractivity contribution in [2.24, 2.45) is 34.5 Å². The Kier molecular flexibility index (Phi) is 7.50. The van der Waals surface area contributed by atoms with E-state index in [0.29, 0.717) is 17.8 Å². The summed E-state index contributed by atoms with van der Waals surface area (Å²) < 4.78 is 11.3. The van der Waals surface area contributed by atoms with Crippen molar-refractivity contribution in [2.75, 3.05) is 0 Å². The van der Waals surface area contributed by atoms with Crippen LogP contribution in [0.15, 0.2) is 11.6 Å². The smallest absolute Gasteiger partial charge is 0.303 e. The lowest BCUT2D eigenvalue weighted by Gasteiger charge is -2.59. The molecule has 5 nitrogen and oxygen atoms in total. The molecule has 0 radical (unpaired) electrons. The molecule has 35 heavy (non-hydrogen) atoms. The number of unbranched alkanes of at least 4 members (excludes halogenated alkanes) is 1. The molecule has 3 fully saturated rings. The number of esters is 2. The van der Waals surface area contributed by atoms with Gasteiger partial charge in [-0.15, -0.1) is 0 Å². The van der Waals surface area contributed by atoms with Crippen molar-refractivity contribution in [3.63, 3.8) is 0 Å². The largest absolute Gasteiger partial charge is 0.462 e. The van der Waals surface area contributed by atoms with Gasteiger partial charge in [-0.05, 0) is 99.2 Å². The van der Waals surface area contributed by atoms with Crippen LogP contribution in [0.1, 0.15) is 112 Å². The number of rotatable bonds is 7. The van der Waals surface area contributed by atoms with Gasteiger partial charge in [0.2, 0.25) is 0 Å². The average Bonchev–Trinajstić information content (AvgIpc) is 3.14. The fourth-order valence-electron chi connectivity index (χ4n) is 9.21. The molecule has 0 amide bonds. The minimum atomic E-state index is -1.02. The summed E-state index contributed by atoms with van der Waals surface area (Å²) in [7, 11) is 0. The third kappa shape index (κ3) is 4.71. The molecule has 0 spiro atoms. The molecule has 1 N–H and O–H groups in total. The Hall–Kier alpha value is -1.36. The summed E-state index contributed by atoms with van der Waals surface area (Å²) in [6.07, 6.45) is 13.3. The molecule has 0 unspecified atom stereocenters. The number of allylic oxidation sites excluding steroid dienone is 1. The standard InChI is InChI=1S/C30H48O5/c1-7-8-9-27(35-20(3)32)30(6,33)26-13-12-24-23-11-10-21-18-22(34-19(2)31)14-16-28(21,4)25(23)15-17-29(24,26)5/h10,22-27,33H,7-9,11-18H2,1-6H3/t22-,23-,24-,25-,26-,27-,28-,29-,30+/m0/s1. The van der Waals surface area contributed by atoms with E-state index in [1.54, 1.807) is 0 Å². The molecule has 4 aliphatic carbocycles. The van der Waals surface area contributed by atoms with E-state index in [2.05, 4.69) is 26.8 Å². The summed E-state index contributed by atoms with van der Waals surface area (Å²) in [4.78, 5) is 23.4. The summed E-state index contributed by atoms with van der Waals surface area (Å²) in [5.41, 5.74) is 0.754. The van der Waals surface area contributed by atoms with Gasteiger partial charge in [-0.1, -0.05) is 38.8 Å². The highest BCUT2D eigenvalue weighted by atomic mass is 16.6.